The Balaban J connectivity index is 2.09. The Morgan fingerprint density at radius 3 is 2.50 bits per heavy atom. The standard InChI is InChI=1S/C15H14F3NO3/c1-20-13-6-5-11(19)8-14(13)21-9-10-3-2-4-12(7-10)22-15(16,17)18/h2-8H,9,19H2,1H3. The number of benzene rings is 2. The fraction of sp³-hybridized carbons (Fsp3) is 0.200. The highest BCUT2D eigenvalue weighted by Gasteiger charge is 2.31. The highest BCUT2D eigenvalue weighted by Crippen LogP contribution is 2.30. The number of ether oxygens (including phenoxy) is 3. The lowest BCUT2D eigenvalue weighted by molar-refractivity contribution is -0.274. The van der Waals surface area contributed by atoms with Crippen molar-refractivity contribution >= 4 is 5.69 Å². The quantitative estimate of drug-likeness (QED) is 0.854. The predicted octanol–water partition coefficient (Wildman–Crippen LogP) is 3.76. The van der Waals surface area contributed by atoms with Crippen LogP contribution in [0.1, 0.15) is 5.56 Å². The van der Waals surface area contributed by atoms with E-state index in [2.05, 4.69) is 4.74 Å². The number of anilines is 1. The Kier molecular flexibility index (Phi) is 4.65. The van der Waals surface area contributed by atoms with Crippen LogP contribution in [0.4, 0.5) is 18.9 Å². The molecule has 2 rings (SSSR count). The number of hydrogen-bond acceptors (Lipinski definition) is 4. The molecular formula is C15H14F3NO3. The van der Waals surface area contributed by atoms with Crippen molar-refractivity contribution in [2.75, 3.05) is 12.8 Å². The number of methoxy groups -OCH3 is 1. The zero-order valence-electron chi connectivity index (χ0n) is 11.7. The number of nitrogen functional groups attached to an aromatic ring is 1. The molecule has 7 heteroatoms. The van der Waals surface area contributed by atoms with Crippen LogP contribution >= 0.6 is 0 Å². The summed E-state index contributed by atoms with van der Waals surface area (Å²) in [6, 6.07) is 10.4. The molecule has 0 saturated heterocycles. The molecule has 0 aromatic heterocycles. The third kappa shape index (κ3) is 4.47. The third-order valence-corrected chi connectivity index (χ3v) is 2.71. The van der Waals surface area contributed by atoms with E-state index in [1.807, 2.05) is 0 Å². The fourth-order valence-corrected chi connectivity index (χ4v) is 1.80. The average Bonchev–Trinajstić information content (AvgIpc) is 2.44. The van der Waals surface area contributed by atoms with Crippen molar-refractivity contribution in [2.24, 2.45) is 0 Å². The van der Waals surface area contributed by atoms with Crippen molar-refractivity contribution in [3.05, 3.63) is 48.0 Å². The van der Waals surface area contributed by atoms with Crippen LogP contribution in [0.2, 0.25) is 0 Å². The number of hydrogen-bond donors (Lipinski definition) is 1. The van der Waals surface area contributed by atoms with Gasteiger partial charge in [0.1, 0.15) is 12.4 Å². The molecule has 0 unspecified atom stereocenters. The number of nitrogens with two attached hydrogens (primary N) is 1. The van der Waals surface area contributed by atoms with E-state index in [4.69, 9.17) is 15.2 Å². The Hall–Kier alpha value is -2.57. The molecule has 0 aliphatic rings. The average molecular weight is 313 g/mol. The van der Waals surface area contributed by atoms with Gasteiger partial charge in [0.25, 0.3) is 0 Å². The van der Waals surface area contributed by atoms with Crippen LogP contribution in [0.25, 0.3) is 0 Å². The maximum atomic E-state index is 12.2. The van der Waals surface area contributed by atoms with Gasteiger partial charge in [0.2, 0.25) is 0 Å². The molecule has 0 heterocycles. The lowest BCUT2D eigenvalue weighted by Gasteiger charge is -2.13. The van der Waals surface area contributed by atoms with E-state index in [9.17, 15) is 13.2 Å². The van der Waals surface area contributed by atoms with Crippen molar-refractivity contribution in [1.82, 2.24) is 0 Å². The molecule has 0 amide bonds. The molecule has 2 aromatic carbocycles. The van der Waals surface area contributed by atoms with Crippen LogP contribution in [-0.4, -0.2) is 13.5 Å². The molecule has 0 radical (unpaired) electrons. The summed E-state index contributed by atoms with van der Waals surface area (Å²) in [5.41, 5.74) is 6.67. The van der Waals surface area contributed by atoms with Gasteiger partial charge in [0.05, 0.1) is 7.11 Å². The minimum Gasteiger partial charge on any atom is -0.493 e. The van der Waals surface area contributed by atoms with Gasteiger partial charge in [0, 0.05) is 11.8 Å². The summed E-state index contributed by atoms with van der Waals surface area (Å²) >= 11 is 0. The molecule has 0 atom stereocenters. The van der Waals surface area contributed by atoms with Gasteiger partial charge in [-0.3, -0.25) is 0 Å². The summed E-state index contributed by atoms with van der Waals surface area (Å²) in [6.07, 6.45) is -4.73. The van der Waals surface area contributed by atoms with Gasteiger partial charge in [0.15, 0.2) is 11.5 Å². The smallest absolute Gasteiger partial charge is 0.493 e. The van der Waals surface area contributed by atoms with E-state index in [1.165, 1.54) is 25.3 Å². The first kappa shape index (κ1) is 15.8. The van der Waals surface area contributed by atoms with Gasteiger partial charge in [-0.15, -0.1) is 13.2 Å². The van der Waals surface area contributed by atoms with Crippen LogP contribution < -0.4 is 19.9 Å². The fourth-order valence-electron chi connectivity index (χ4n) is 1.80. The van der Waals surface area contributed by atoms with Crippen LogP contribution in [0.3, 0.4) is 0 Å². The molecule has 0 saturated carbocycles. The Labute approximate surface area is 125 Å². The zero-order chi connectivity index (χ0) is 16.2. The summed E-state index contributed by atoms with van der Waals surface area (Å²) in [7, 11) is 1.48. The monoisotopic (exact) mass is 313 g/mol. The van der Waals surface area contributed by atoms with Crippen LogP contribution in [0.15, 0.2) is 42.5 Å². The van der Waals surface area contributed by atoms with Crippen molar-refractivity contribution < 1.29 is 27.4 Å². The number of halogens is 3. The van der Waals surface area contributed by atoms with Gasteiger partial charge >= 0.3 is 6.36 Å². The number of rotatable bonds is 5. The maximum Gasteiger partial charge on any atom is 0.573 e. The highest BCUT2D eigenvalue weighted by molar-refractivity contribution is 5.52. The van der Waals surface area contributed by atoms with E-state index in [0.717, 1.165) is 0 Å². The molecule has 0 aliphatic carbocycles. The van der Waals surface area contributed by atoms with Crippen LogP contribution in [-0.2, 0) is 6.61 Å². The van der Waals surface area contributed by atoms with Crippen molar-refractivity contribution in [1.29, 1.82) is 0 Å². The van der Waals surface area contributed by atoms with Crippen molar-refractivity contribution in [3.63, 3.8) is 0 Å². The summed E-state index contributed by atoms with van der Waals surface area (Å²) < 4.78 is 51.1. The van der Waals surface area contributed by atoms with E-state index < -0.39 is 6.36 Å². The van der Waals surface area contributed by atoms with Crippen LogP contribution in [0.5, 0.6) is 17.2 Å². The molecular weight excluding hydrogens is 299 g/mol. The SMILES string of the molecule is COc1ccc(N)cc1OCc1cccc(OC(F)(F)F)c1. The van der Waals surface area contributed by atoms with Crippen molar-refractivity contribution in [2.45, 2.75) is 13.0 Å². The Bertz CT molecular complexity index is 644. The van der Waals surface area contributed by atoms with E-state index in [1.54, 1.807) is 24.3 Å². The van der Waals surface area contributed by atoms with E-state index >= 15 is 0 Å². The second-order valence-corrected chi connectivity index (χ2v) is 4.39. The predicted molar refractivity (Wildman–Crippen MR) is 74.9 cm³/mol. The molecule has 0 aliphatic heterocycles. The highest BCUT2D eigenvalue weighted by atomic mass is 19.4. The molecule has 0 bridgehead atoms. The number of alkyl halides is 3. The summed E-state index contributed by atoms with van der Waals surface area (Å²) in [5, 5.41) is 0. The molecule has 2 N–H and O–H groups in total. The summed E-state index contributed by atoms with van der Waals surface area (Å²) in [5.74, 6) is 0.592. The lowest BCUT2D eigenvalue weighted by atomic mass is 10.2. The van der Waals surface area contributed by atoms with Gasteiger partial charge in [-0.25, -0.2) is 0 Å². The van der Waals surface area contributed by atoms with Crippen molar-refractivity contribution in [3.8, 4) is 17.2 Å². The maximum absolute atomic E-state index is 12.2. The first-order valence-electron chi connectivity index (χ1n) is 6.28. The second kappa shape index (κ2) is 6.46. The second-order valence-electron chi connectivity index (χ2n) is 4.39. The minimum absolute atomic E-state index is 0.0505. The summed E-state index contributed by atoms with van der Waals surface area (Å²) in [6.45, 7) is 0.0505. The van der Waals surface area contributed by atoms with Crippen LogP contribution in [0, 0.1) is 0 Å². The van der Waals surface area contributed by atoms with E-state index in [-0.39, 0.29) is 12.4 Å². The van der Waals surface area contributed by atoms with Gasteiger partial charge < -0.3 is 19.9 Å². The van der Waals surface area contributed by atoms with Gasteiger partial charge in [-0.05, 0) is 29.8 Å². The van der Waals surface area contributed by atoms with Gasteiger partial charge in [-0.2, -0.15) is 0 Å². The Morgan fingerprint density at radius 1 is 1.05 bits per heavy atom. The molecule has 2 aromatic rings. The largest absolute Gasteiger partial charge is 0.573 e. The normalized spacial score (nSPS) is 11.1. The molecule has 0 spiro atoms. The summed E-state index contributed by atoms with van der Waals surface area (Å²) in [4.78, 5) is 0. The lowest BCUT2D eigenvalue weighted by Crippen LogP contribution is -2.17. The first-order chi connectivity index (χ1) is 10.4. The Morgan fingerprint density at radius 2 is 1.82 bits per heavy atom. The van der Waals surface area contributed by atoms with E-state index in [0.29, 0.717) is 22.7 Å². The minimum atomic E-state index is -4.73. The molecule has 22 heavy (non-hydrogen) atoms. The molecule has 0 fully saturated rings. The topological polar surface area (TPSA) is 53.7 Å². The molecule has 4 nitrogen and oxygen atoms in total. The zero-order valence-corrected chi connectivity index (χ0v) is 11.7. The molecule has 118 valence electrons. The first-order valence-corrected chi connectivity index (χ1v) is 6.28. The third-order valence-electron chi connectivity index (χ3n) is 2.71. The van der Waals surface area contributed by atoms with Gasteiger partial charge in [-0.1, -0.05) is 12.1 Å².